The van der Waals surface area contributed by atoms with Crippen molar-refractivity contribution in [3.63, 3.8) is 0 Å². The molecule has 0 aliphatic carbocycles. The van der Waals surface area contributed by atoms with Crippen LogP contribution in [0.4, 0.5) is 13.2 Å². The van der Waals surface area contributed by atoms with E-state index in [4.69, 9.17) is 0 Å². The maximum absolute atomic E-state index is 12.1. The van der Waals surface area contributed by atoms with E-state index in [0.717, 1.165) is 31.6 Å². The van der Waals surface area contributed by atoms with Crippen LogP contribution in [-0.4, -0.2) is 37.4 Å². The van der Waals surface area contributed by atoms with Gasteiger partial charge in [-0.2, -0.15) is 0 Å². The Kier molecular flexibility index (Phi) is 6.77. The van der Waals surface area contributed by atoms with Crippen LogP contribution < -0.4 is 10.1 Å². The Hall–Kier alpha value is -0.980. The Bertz CT molecular complexity index is 425. The van der Waals surface area contributed by atoms with Gasteiger partial charge in [-0.15, -0.1) is 25.6 Å². The zero-order valence-electron chi connectivity index (χ0n) is 11.8. The van der Waals surface area contributed by atoms with Crippen molar-refractivity contribution in [1.82, 2.24) is 10.2 Å². The molecule has 0 amide bonds. The number of benzene rings is 1. The van der Waals surface area contributed by atoms with E-state index in [-0.39, 0.29) is 18.2 Å². The molecule has 1 aliphatic rings. The number of likely N-dealkylation sites (tertiary alicyclic amines) is 1. The quantitative estimate of drug-likeness (QED) is 0.920. The second-order valence-corrected chi connectivity index (χ2v) is 5.05. The third-order valence-corrected chi connectivity index (χ3v) is 3.48. The molecule has 3 nitrogen and oxygen atoms in total. The molecular formula is C14H20ClF3N2O. The van der Waals surface area contributed by atoms with Gasteiger partial charge in [0.2, 0.25) is 0 Å². The minimum atomic E-state index is -4.63. The lowest BCUT2D eigenvalue weighted by atomic mass is 10.1. The number of hydrogen-bond acceptors (Lipinski definition) is 3. The molecule has 0 saturated carbocycles. The lowest BCUT2D eigenvalue weighted by Crippen LogP contribution is -2.43. The van der Waals surface area contributed by atoms with Gasteiger partial charge in [-0.05, 0) is 44.1 Å². The van der Waals surface area contributed by atoms with Gasteiger partial charge in [0.15, 0.2) is 0 Å². The third kappa shape index (κ3) is 6.11. The van der Waals surface area contributed by atoms with E-state index in [9.17, 15) is 13.2 Å². The summed E-state index contributed by atoms with van der Waals surface area (Å²) in [6.07, 6.45) is -2.32. The Balaban J connectivity index is 0.00000220. The highest BCUT2D eigenvalue weighted by Gasteiger charge is 2.31. The standard InChI is InChI=1S/C14H19F3N2O.ClH/c1-18-12-3-2-8-19(10-12)9-11-4-6-13(7-5-11)20-14(15,16)17;/h4-7,12,18H,2-3,8-10H2,1H3;1H. The van der Waals surface area contributed by atoms with E-state index < -0.39 is 6.36 Å². The summed E-state index contributed by atoms with van der Waals surface area (Å²) in [6, 6.07) is 6.59. The van der Waals surface area contributed by atoms with Crippen LogP contribution in [0.2, 0.25) is 0 Å². The fourth-order valence-electron chi connectivity index (χ4n) is 2.49. The van der Waals surface area contributed by atoms with Crippen LogP contribution in [0.3, 0.4) is 0 Å². The fourth-order valence-corrected chi connectivity index (χ4v) is 2.49. The Morgan fingerprint density at radius 3 is 2.52 bits per heavy atom. The molecule has 0 bridgehead atoms. The van der Waals surface area contributed by atoms with E-state index in [2.05, 4.69) is 15.0 Å². The number of nitrogens with zero attached hydrogens (tertiary/aromatic N) is 1. The molecular weight excluding hydrogens is 305 g/mol. The van der Waals surface area contributed by atoms with Gasteiger partial charge < -0.3 is 10.1 Å². The van der Waals surface area contributed by atoms with Crippen LogP contribution in [0, 0.1) is 0 Å². The van der Waals surface area contributed by atoms with Crippen molar-refractivity contribution < 1.29 is 17.9 Å². The van der Waals surface area contributed by atoms with Crippen molar-refractivity contribution in [2.45, 2.75) is 31.8 Å². The van der Waals surface area contributed by atoms with Gasteiger partial charge in [-0.25, -0.2) is 0 Å². The van der Waals surface area contributed by atoms with Gasteiger partial charge >= 0.3 is 6.36 Å². The molecule has 1 unspecified atom stereocenters. The number of halogens is 4. The largest absolute Gasteiger partial charge is 0.573 e. The summed E-state index contributed by atoms with van der Waals surface area (Å²) < 4.78 is 40.0. The van der Waals surface area contributed by atoms with Crippen LogP contribution in [0.15, 0.2) is 24.3 Å². The fraction of sp³-hybridized carbons (Fsp3) is 0.571. The molecule has 1 N–H and O–H groups in total. The van der Waals surface area contributed by atoms with Crippen LogP contribution in [-0.2, 0) is 6.54 Å². The molecule has 1 atom stereocenters. The molecule has 1 aromatic carbocycles. The number of hydrogen-bond donors (Lipinski definition) is 1. The zero-order valence-corrected chi connectivity index (χ0v) is 12.6. The van der Waals surface area contributed by atoms with Crippen LogP contribution in [0.25, 0.3) is 0 Å². The minimum Gasteiger partial charge on any atom is -0.406 e. The molecule has 1 heterocycles. The third-order valence-electron chi connectivity index (χ3n) is 3.48. The number of rotatable bonds is 4. The first-order valence-electron chi connectivity index (χ1n) is 6.70. The second-order valence-electron chi connectivity index (χ2n) is 5.05. The Morgan fingerprint density at radius 2 is 1.95 bits per heavy atom. The maximum atomic E-state index is 12.1. The molecule has 7 heteroatoms. The van der Waals surface area contributed by atoms with Gasteiger partial charge in [-0.1, -0.05) is 12.1 Å². The summed E-state index contributed by atoms with van der Waals surface area (Å²) in [5.74, 6) is -0.173. The minimum absolute atomic E-state index is 0. The Morgan fingerprint density at radius 1 is 1.29 bits per heavy atom. The smallest absolute Gasteiger partial charge is 0.406 e. The number of likely N-dealkylation sites (N-methyl/N-ethyl adjacent to an activating group) is 1. The average molecular weight is 325 g/mol. The maximum Gasteiger partial charge on any atom is 0.573 e. The summed E-state index contributed by atoms with van der Waals surface area (Å²) >= 11 is 0. The molecule has 1 saturated heterocycles. The first-order chi connectivity index (χ1) is 9.46. The number of piperidine rings is 1. The number of ether oxygens (including phenoxy) is 1. The van der Waals surface area contributed by atoms with E-state index in [0.29, 0.717) is 6.04 Å². The van der Waals surface area contributed by atoms with Crippen molar-refractivity contribution in [3.05, 3.63) is 29.8 Å². The summed E-state index contributed by atoms with van der Waals surface area (Å²) in [5.41, 5.74) is 0.997. The molecule has 0 aromatic heterocycles. The van der Waals surface area contributed by atoms with Gasteiger partial charge in [0.25, 0.3) is 0 Å². The summed E-state index contributed by atoms with van der Waals surface area (Å²) in [5, 5.41) is 3.27. The van der Waals surface area contributed by atoms with Gasteiger partial charge in [0, 0.05) is 19.1 Å². The van der Waals surface area contributed by atoms with Crippen molar-refractivity contribution in [2.24, 2.45) is 0 Å². The van der Waals surface area contributed by atoms with Crippen molar-refractivity contribution in [1.29, 1.82) is 0 Å². The molecule has 0 spiro atoms. The van der Waals surface area contributed by atoms with E-state index >= 15 is 0 Å². The molecule has 120 valence electrons. The summed E-state index contributed by atoms with van der Waals surface area (Å²) in [4.78, 5) is 2.31. The lowest BCUT2D eigenvalue weighted by Gasteiger charge is -2.32. The highest BCUT2D eigenvalue weighted by molar-refractivity contribution is 5.85. The molecule has 2 rings (SSSR count). The normalized spacial score (nSPS) is 19.9. The van der Waals surface area contributed by atoms with E-state index in [1.807, 2.05) is 7.05 Å². The van der Waals surface area contributed by atoms with Gasteiger partial charge in [0.05, 0.1) is 0 Å². The summed E-state index contributed by atoms with van der Waals surface area (Å²) in [7, 11) is 1.96. The van der Waals surface area contributed by atoms with Crippen LogP contribution >= 0.6 is 12.4 Å². The highest BCUT2D eigenvalue weighted by Crippen LogP contribution is 2.23. The molecule has 0 radical (unpaired) electrons. The molecule has 1 aliphatic heterocycles. The van der Waals surface area contributed by atoms with Crippen molar-refractivity contribution in [2.75, 3.05) is 20.1 Å². The first kappa shape index (κ1) is 18.1. The van der Waals surface area contributed by atoms with Crippen LogP contribution in [0.1, 0.15) is 18.4 Å². The number of alkyl halides is 3. The SMILES string of the molecule is CNC1CCCN(Cc2ccc(OC(F)(F)F)cc2)C1.Cl. The zero-order chi connectivity index (χ0) is 14.6. The predicted octanol–water partition coefficient (Wildman–Crippen LogP) is 3.19. The van der Waals surface area contributed by atoms with Crippen LogP contribution in [0.5, 0.6) is 5.75 Å². The molecule has 21 heavy (non-hydrogen) atoms. The Labute approximate surface area is 128 Å². The lowest BCUT2D eigenvalue weighted by molar-refractivity contribution is -0.274. The number of nitrogens with one attached hydrogen (secondary N) is 1. The monoisotopic (exact) mass is 324 g/mol. The molecule has 1 aromatic rings. The topological polar surface area (TPSA) is 24.5 Å². The van der Waals surface area contributed by atoms with E-state index in [1.165, 1.54) is 18.6 Å². The summed E-state index contributed by atoms with van der Waals surface area (Å²) in [6.45, 7) is 2.75. The predicted molar refractivity (Wildman–Crippen MR) is 77.7 cm³/mol. The first-order valence-corrected chi connectivity index (χ1v) is 6.70. The second kappa shape index (κ2) is 7.87. The van der Waals surface area contributed by atoms with Gasteiger partial charge in [0.1, 0.15) is 5.75 Å². The molecule has 1 fully saturated rings. The average Bonchev–Trinajstić information content (AvgIpc) is 2.40. The van der Waals surface area contributed by atoms with E-state index in [1.54, 1.807) is 12.1 Å². The van der Waals surface area contributed by atoms with Crippen molar-refractivity contribution in [3.8, 4) is 5.75 Å². The van der Waals surface area contributed by atoms with Crippen molar-refractivity contribution >= 4 is 12.4 Å². The highest BCUT2D eigenvalue weighted by atomic mass is 35.5. The van der Waals surface area contributed by atoms with Gasteiger partial charge in [-0.3, -0.25) is 4.90 Å².